The predicted molar refractivity (Wildman–Crippen MR) is 186 cm³/mol. The van der Waals surface area contributed by atoms with Gasteiger partial charge in [-0.05, 0) is 59.0 Å². The van der Waals surface area contributed by atoms with Crippen molar-refractivity contribution < 1.29 is 38.8 Å². The SMILES string of the molecule is CCOC(=O)CNC(=O)NCc1ccccc1-c1ccc(C2OC(CSc3ccc(C(=O)O)cc3)C(C)C(c3ccc(CO)cc3)O2)cc1. The highest BCUT2D eigenvalue weighted by Gasteiger charge is 2.38. The largest absolute Gasteiger partial charge is 0.478 e. The van der Waals surface area contributed by atoms with Gasteiger partial charge in [-0.15, -0.1) is 11.8 Å². The number of carbonyl (C=O) groups excluding carboxylic acids is 2. The van der Waals surface area contributed by atoms with E-state index in [1.807, 2.05) is 84.9 Å². The minimum atomic E-state index is -0.961. The second kappa shape index (κ2) is 17.1. The van der Waals surface area contributed by atoms with Gasteiger partial charge in [0.1, 0.15) is 6.54 Å². The van der Waals surface area contributed by atoms with E-state index in [1.165, 1.54) is 0 Å². The van der Waals surface area contributed by atoms with Crippen molar-refractivity contribution >= 4 is 29.7 Å². The molecule has 0 radical (unpaired) electrons. The lowest BCUT2D eigenvalue weighted by atomic mass is 9.91. The molecule has 11 heteroatoms. The van der Waals surface area contributed by atoms with E-state index in [1.54, 1.807) is 30.8 Å². The molecule has 1 aliphatic rings. The molecule has 0 aromatic heterocycles. The van der Waals surface area contributed by atoms with Crippen LogP contribution < -0.4 is 10.6 Å². The number of hydrogen-bond acceptors (Lipinski definition) is 8. The monoisotopic (exact) mass is 684 g/mol. The van der Waals surface area contributed by atoms with E-state index >= 15 is 0 Å². The zero-order valence-corrected chi connectivity index (χ0v) is 28.2. The first-order valence-electron chi connectivity index (χ1n) is 16.1. The Morgan fingerprint density at radius 2 is 1.55 bits per heavy atom. The van der Waals surface area contributed by atoms with Gasteiger partial charge in [0.05, 0.1) is 31.0 Å². The van der Waals surface area contributed by atoms with Crippen LogP contribution in [0.2, 0.25) is 0 Å². The summed E-state index contributed by atoms with van der Waals surface area (Å²) in [4.78, 5) is 36.1. The van der Waals surface area contributed by atoms with Gasteiger partial charge in [-0.1, -0.05) is 79.7 Å². The van der Waals surface area contributed by atoms with Crippen LogP contribution in [0.1, 0.15) is 58.9 Å². The number of thioether (sulfide) groups is 1. The first kappa shape index (κ1) is 35.6. The molecular weight excluding hydrogens is 644 g/mol. The predicted octanol–water partition coefficient (Wildman–Crippen LogP) is 6.49. The summed E-state index contributed by atoms with van der Waals surface area (Å²) in [5, 5.41) is 24.1. The zero-order chi connectivity index (χ0) is 34.8. The molecule has 0 spiro atoms. The molecule has 0 bridgehead atoms. The maximum Gasteiger partial charge on any atom is 0.335 e. The number of aliphatic hydroxyl groups excluding tert-OH is 1. The van der Waals surface area contributed by atoms with E-state index in [4.69, 9.17) is 14.2 Å². The van der Waals surface area contributed by atoms with Gasteiger partial charge in [0.25, 0.3) is 0 Å². The van der Waals surface area contributed by atoms with Crippen LogP contribution in [0.4, 0.5) is 4.79 Å². The second-order valence-electron chi connectivity index (χ2n) is 11.6. The molecule has 256 valence electrons. The van der Waals surface area contributed by atoms with E-state index in [2.05, 4.69) is 17.6 Å². The molecule has 10 nitrogen and oxygen atoms in total. The van der Waals surface area contributed by atoms with Gasteiger partial charge in [0.2, 0.25) is 0 Å². The number of rotatable bonds is 13. The maximum absolute atomic E-state index is 12.3. The lowest BCUT2D eigenvalue weighted by molar-refractivity contribution is -0.268. The molecule has 1 saturated heterocycles. The van der Waals surface area contributed by atoms with Crippen LogP contribution in [0.5, 0.6) is 0 Å². The molecule has 2 amide bonds. The van der Waals surface area contributed by atoms with Crippen molar-refractivity contribution in [2.75, 3.05) is 18.9 Å². The highest BCUT2D eigenvalue weighted by molar-refractivity contribution is 7.99. The average Bonchev–Trinajstić information content (AvgIpc) is 3.13. The standard InChI is InChI=1S/C38H40N2O8S/c1-3-46-34(42)21-40-38(45)39-20-30-6-4-5-7-32(30)26-12-14-29(15-13-26)37-47-33(23-49-31-18-16-28(17-19-31)36(43)44)24(2)35(48-37)27-10-8-25(22-41)9-11-27/h4-19,24,33,35,37,41H,3,20-23H2,1-2H3,(H,43,44)(H2,39,40,45). The fourth-order valence-corrected chi connectivity index (χ4v) is 6.63. The summed E-state index contributed by atoms with van der Waals surface area (Å²) in [7, 11) is 0. The van der Waals surface area contributed by atoms with E-state index < -0.39 is 24.3 Å². The number of aromatic carboxylic acids is 1. The molecular formula is C38H40N2O8S. The van der Waals surface area contributed by atoms with Gasteiger partial charge in [0, 0.05) is 28.7 Å². The number of amides is 2. The number of carboxylic acid groups (broad SMARTS) is 1. The number of urea groups is 1. The van der Waals surface area contributed by atoms with E-state index in [0.717, 1.165) is 38.3 Å². The number of ether oxygens (including phenoxy) is 3. The van der Waals surface area contributed by atoms with Crippen LogP contribution in [-0.2, 0) is 32.2 Å². The molecule has 0 saturated carbocycles. The fraction of sp³-hybridized carbons (Fsp3) is 0.289. The third kappa shape index (κ3) is 9.48. The highest BCUT2D eigenvalue weighted by Crippen LogP contribution is 2.43. The number of carbonyl (C=O) groups is 3. The summed E-state index contributed by atoms with van der Waals surface area (Å²) < 4.78 is 18.0. The van der Waals surface area contributed by atoms with Crippen molar-refractivity contribution in [3.63, 3.8) is 0 Å². The van der Waals surface area contributed by atoms with Gasteiger partial charge < -0.3 is 35.1 Å². The Morgan fingerprint density at radius 1 is 0.857 bits per heavy atom. The molecule has 4 atom stereocenters. The summed E-state index contributed by atoms with van der Waals surface area (Å²) in [6.07, 6.45) is -1.10. The summed E-state index contributed by atoms with van der Waals surface area (Å²) in [5.74, 6) is -0.834. The number of hydrogen-bond donors (Lipinski definition) is 4. The van der Waals surface area contributed by atoms with Gasteiger partial charge in [0.15, 0.2) is 6.29 Å². The van der Waals surface area contributed by atoms with Gasteiger partial charge in [-0.25, -0.2) is 9.59 Å². The molecule has 0 aliphatic carbocycles. The van der Waals surface area contributed by atoms with Crippen LogP contribution in [0.15, 0.2) is 102 Å². The highest BCUT2D eigenvalue weighted by atomic mass is 32.2. The molecule has 4 aromatic carbocycles. The molecule has 4 unspecified atom stereocenters. The van der Waals surface area contributed by atoms with Gasteiger partial charge in [-0.2, -0.15) is 0 Å². The smallest absolute Gasteiger partial charge is 0.335 e. The molecule has 5 rings (SSSR count). The minimum Gasteiger partial charge on any atom is -0.478 e. The van der Waals surface area contributed by atoms with Crippen LogP contribution in [0.3, 0.4) is 0 Å². The Kier molecular flexibility index (Phi) is 12.4. The summed E-state index contributed by atoms with van der Waals surface area (Å²) in [6, 6.07) is 29.8. The lowest BCUT2D eigenvalue weighted by Crippen LogP contribution is -2.38. The summed E-state index contributed by atoms with van der Waals surface area (Å²) in [5.41, 5.74) is 5.70. The van der Waals surface area contributed by atoms with Gasteiger partial charge >= 0.3 is 18.0 Å². The Bertz CT molecular complexity index is 1710. The molecule has 1 heterocycles. The first-order valence-corrected chi connectivity index (χ1v) is 17.1. The third-order valence-electron chi connectivity index (χ3n) is 8.29. The summed E-state index contributed by atoms with van der Waals surface area (Å²) in [6.45, 7) is 4.07. The molecule has 1 aliphatic heterocycles. The quantitative estimate of drug-likeness (QED) is 0.0918. The third-order valence-corrected chi connectivity index (χ3v) is 9.39. The molecule has 49 heavy (non-hydrogen) atoms. The topological polar surface area (TPSA) is 143 Å². The Hall–Kier alpha value is -4.68. The van der Waals surface area contributed by atoms with Crippen LogP contribution in [0, 0.1) is 5.92 Å². The summed E-state index contributed by atoms with van der Waals surface area (Å²) >= 11 is 1.60. The normalized spacial score (nSPS) is 18.8. The van der Waals surface area contributed by atoms with Crippen LogP contribution in [-0.4, -0.2) is 53.2 Å². The van der Waals surface area contributed by atoms with Crippen molar-refractivity contribution in [1.29, 1.82) is 0 Å². The molecule has 4 aromatic rings. The zero-order valence-electron chi connectivity index (χ0n) is 27.3. The number of benzene rings is 4. The molecule has 4 N–H and O–H groups in total. The number of aliphatic hydroxyl groups is 1. The van der Waals surface area contributed by atoms with Crippen LogP contribution >= 0.6 is 11.8 Å². The van der Waals surface area contributed by atoms with Crippen molar-refractivity contribution in [3.05, 3.63) is 125 Å². The van der Waals surface area contributed by atoms with Gasteiger partial charge in [-0.3, -0.25) is 4.79 Å². The van der Waals surface area contributed by atoms with Crippen molar-refractivity contribution in [3.8, 4) is 11.1 Å². The second-order valence-corrected chi connectivity index (χ2v) is 12.7. The van der Waals surface area contributed by atoms with Crippen molar-refractivity contribution in [1.82, 2.24) is 10.6 Å². The van der Waals surface area contributed by atoms with E-state index in [9.17, 15) is 24.6 Å². The Labute approximate surface area is 289 Å². The number of nitrogens with one attached hydrogen (secondary N) is 2. The Morgan fingerprint density at radius 3 is 2.22 bits per heavy atom. The fourth-order valence-electron chi connectivity index (χ4n) is 5.56. The molecule has 1 fully saturated rings. The minimum absolute atomic E-state index is 0.00448. The van der Waals surface area contributed by atoms with E-state index in [0.29, 0.717) is 5.75 Å². The number of carboxylic acids is 1. The number of esters is 1. The lowest BCUT2D eigenvalue weighted by Gasteiger charge is -2.41. The first-order chi connectivity index (χ1) is 23.7. The van der Waals surface area contributed by atoms with Crippen molar-refractivity contribution in [2.24, 2.45) is 5.92 Å². The van der Waals surface area contributed by atoms with Crippen molar-refractivity contribution in [2.45, 2.75) is 50.4 Å². The maximum atomic E-state index is 12.3. The van der Waals surface area contributed by atoms with E-state index in [-0.39, 0.29) is 50.0 Å². The van der Waals surface area contributed by atoms with Crippen LogP contribution in [0.25, 0.3) is 11.1 Å². The Balaban J connectivity index is 1.31. The average molecular weight is 685 g/mol.